The fourth-order valence-corrected chi connectivity index (χ4v) is 1.95. The third kappa shape index (κ3) is 3.68. The summed E-state index contributed by atoms with van der Waals surface area (Å²) in [5.74, 6) is -0.830. The molecule has 0 aromatic heterocycles. The quantitative estimate of drug-likeness (QED) is 0.781. The van der Waals surface area contributed by atoms with E-state index in [9.17, 15) is 9.59 Å². The lowest BCUT2D eigenvalue weighted by molar-refractivity contribution is -0.147. The highest BCUT2D eigenvalue weighted by molar-refractivity contribution is 7.99. The van der Waals surface area contributed by atoms with E-state index in [0.29, 0.717) is 19.7 Å². The van der Waals surface area contributed by atoms with Crippen molar-refractivity contribution >= 4 is 23.6 Å². The van der Waals surface area contributed by atoms with Gasteiger partial charge in [0.25, 0.3) is 0 Å². The molecule has 0 aromatic rings. The molecular formula is C10H17NO4S. The van der Waals surface area contributed by atoms with E-state index in [2.05, 4.69) is 0 Å². The summed E-state index contributed by atoms with van der Waals surface area (Å²) in [6.07, 6.45) is 1.47. The summed E-state index contributed by atoms with van der Waals surface area (Å²) in [5.41, 5.74) is 0. The molecule has 0 aliphatic carbocycles. The van der Waals surface area contributed by atoms with Gasteiger partial charge in [0.2, 0.25) is 5.91 Å². The molecular weight excluding hydrogens is 230 g/mol. The van der Waals surface area contributed by atoms with Gasteiger partial charge in [-0.05, 0) is 13.2 Å². The van der Waals surface area contributed by atoms with Crippen LogP contribution in [0.2, 0.25) is 0 Å². The molecule has 92 valence electrons. The largest absolute Gasteiger partial charge is 0.481 e. The Morgan fingerprint density at radius 3 is 2.88 bits per heavy atom. The van der Waals surface area contributed by atoms with E-state index < -0.39 is 5.97 Å². The predicted octanol–water partition coefficient (Wildman–Crippen LogP) is 0.440. The normalized spacial score (nSPS) is 22.9. The molecule has 0 aromatic carbocycles. The fourth-order valence-electron chi connectivity index (χ4n) is 1.60. The first-order chi connectivity index (χ1) is 7.54. The summed E-state index contributed by atoms with van der Waals surface area (Å²) in [7, 11) is 0. The molecule has 1 saturated heterocycles. The second-order valence-electron chi connectivity index (χ2n) is 3.75. The smallest absolute Gasteiger partial charge is 0.306 e. The van der Waals surface area contributed by atoms with Gasteiger partial charge in [-0.3, -0.25) is 9.59 Å². The number of hydrogen-bond acceptors (Lipinski definition) is 4. The average molecular weight is 247 g/mol. The van der Waals surface area contributed by atoms with Crippen LogP contribution in [0.25, 0.3) is 0 Å². The zero-order valence-electron chi connectivity index (χ0n) is 9.51. The molecule has 16 heavy (non-hydrogen) atoms. The first-order valence-corrected chi connectivity index (χ1v) is 6.48. The lowest BCUT2D eigenvalue weighted by Crippen LogP contribution is -2.48. The third-order valence-electron chi connectivity index (χ3n) is 2.55. The molecule has 1 aliphatic rings. The lowest BCUT2D eigenvalue weighted by Gasteiger charge is -2.33. The maximum absolute atomic E-state index is 11.9. The SMILES string of the molecule is CSC(C)C(=O)N1CCOC(CC(=O)O)C1. The minimum Gasteiger partial charge on any atom is -0.481 e. The van der Waals surface area contributed by atoms with Gasteiger partial charge in [0, 0.05) is 13.1 Å². The van der Waals surface area contributed by atoms with E-state index in [1.165, 1.54) is 11.8 Å². The standard InChI is InChI=1S/C10H17NO4S/c1-7(16-2)10(14)11-3-4-15-8(6-11)5-9(12)13/h7-8H,3-6H2,1-2H3,(H,12,13). The first-order valence-electron chi connectivity index (χ1n) is 5.19. The number of nitrogens with zero attached hydrogens (tertiary/aromatic N) is 1. The Labute approximate surface area is 99.1 Å². The fraction of sp³-hybridized carbons (Fsp3) is 0.800. The van der Waals surface area contributed by atoms with Gasteiger partial charge in [-0.15, -0.1) is 0 Å². The minimum atomic E-state index is -0.891. The number of carboxylic acid groups (broad SMARTS) is 1. The van der Waals surface area contributed by atoms with E-state index in [-0.39, 0.29) is 23.7 Å². The summed E-state index contributed by atoms with van der Waals surface area (Å²) in [5, 5.41) is 8.58. The van der Waals surface area contributed by atoms with Crippen LogP contribution in [0.4, 0.5) is 0 Å². The number of carbonyl (C=O) groups is 2. The molecule has 1 aliphatic heterocycles. The number of morpholine rings is 1. The molecule has 1 amide bonds. The number of aliphatic carboxylic acids is 1. The van der Waals surface area contributed by atoms with Crippen LogP contribution in [0, 0.1) is 0 Å². The predicted molar refractivity (Wildman–Crippen MR) is 61.5 cm³/mol. The number of hydrogen-bond donors (Lipinski definition) is 1. The van der Waals surface area contributed by atoms with Crippen LogP contribution in [0.3, 0.4) is 0 Å². The van der Waals surface area contributed by atoms with Crippen molar-refractivity contribution in [3.63, 3.8) is 0 Å². The molecule has 6 heteroatoms. The zero-order valence-corrected chi connectivity index (χ0v) is 10.3. The van der Waals surface area contributed by atoms with Gasteiger partial charge in [-0.2, -0.15) is 11.8 Å². The number of thioether (sulfide) groups is 1. The lowest BCUT2D eigenvalue weighted by atomic mass is 10.2. The summed E-state index contributed by atoms with van der Waals surface area (Å²) < 4.78 is 5.30. The van der Waals surface area contributed by atoms with Crippen molar-refractivity contribution < 1.29 is 19.4 Å². The van der Waals surface area contributed by atoms with E-state index in [1.54, 1.807) is 4.90 Å². The monoisotopic (exact) mass is 247 g/mol. The maximum atomic E-state index is 11.9. The van der Waals surface area contributed by atoms with Gasteiger partial charge in [-0.1, -0.05) is 0 Å². The summed E-state index contributed by atoms with van der Waals surface area (Å²) in [6, 6.07) is 0. The molecule has 0 spiro atoms. The second-order valence-corrected chi connectivity index (χ2v) is 4.93. The molecule has 5 nitrogen and oxygen atoms in total. The zero-order chi connectivity index (χ0) is 12.1. The second kappa shape index (κ2) is 6.10. The van der Waals surface area contributed by atoms with Crippen LogP contribution in [-0.2, 0) is 14.3 Å². The number of carbonyl (C=O) groups excluding carboxylic acids is 1. The summed E-state index contributed by atoms with van der Waals surface area (Å²) >= 11 is 1.49. The van der Waals surface area contributed by atoms with Crippen molar-refractivity contribution in [1.82, 2.24) is 4.90 Å². The Kier molecular flexibility index (Phi) is 5.08. The van der Waals surface area contributed by atoms with Gasteiger partial charge in [0.05, 0.1) is 24.4 Å². The number of ether oxygens (including phenoxy) is 1. The highest BCUT2D eigenvalue weighted by Gasteiger charge is 2.27. The van der Waals surface area contributed by atoms with Crippen LogP contribution in [0.15, 0.2) is 0 Å². The van der Waals surface area contributed by atoms with Gasteiger partial charge >= 0.3 is 5.97 Å². The van der Waals surface area contributed by atoms with Crippen LogP contribution in [0.5, 0.6) is 0 Å². The van der Waals surface area contributed by atoms with Gasteiger partial charge in [-0.25, -0.2) is 0 Å². The van der Waals surface area contributed by atoms with Gasteiger partial charge < -0.3 is 14.7 Å². The molecule has 0 bridgehead atoms. The Morgan fingerprint density at radius 2 is 2.31 bits per heavy atom. The molecule has 0 saturated carbocycles. The molecule has 1 heterocycles. The van der Waals surface area contributed by atoms with Crippen LogP contribution < -0.4 is 0 Å². The molecule has 1 N–H and O–H groups in total. The minimum absolute atomic E-state index is 0.0442. The van der Waals surface area contributed by atoms with Crippen molar-refractivity contribution in [1.29, 1.82) is 0 Å². The van der Waals surface area contributed by atoms with Gasteiger partial charge in [0.15, 0.2) is 0 Å². The van der Waals surface area contributed by atoms with Crippen LogP contribution in [-0.4, -0.2) is 59.2 Å². The Bertz CT molecular complexity index is 272. The Hall–Kier alpha value is -0.750. The van der Waals surface area contributed by atoms with Crippen molar-refractivity contribution in [2.24, 2.45) is 0 Å². The van der Waals surface area contributed by atoms with E-state index in [1.807, 2.05) is 13.2 Å². The van der Waals surface area contributed by atoms with Crippen molar-refractivity contribution in [3.05, 3.63) is 0 Å². The van der Waals surface area contributed by atoms with Crippen molar-refractivity contribution in [2.45, 2.75) is 24.7 Å². The van der Waals surface area contributed by atoms with Crippen molar-refractivity contribution in [3.8, 4) is 0 Å². The van der Waals surface area contributed by atoms with Crippen molar-refractivity contribution in [2.75, 3.05) is 26.0 Å². The van der Waals surface area contributed by atoms with E-state index in [0.717, 1.165) is 0 Å². The number of carboxylic acids is 1. The Balaban J connectivity index is 2.49. The van der Waals surface area contributed by atoms with Crippen LogP contribution in [0.1, 0.15) is 13.3 Å². The third-order valence-corrected chi connectivity index (χ3v) is 3.46. The number of amides is 1. The molecule has 2 atom stereocenters. The molecule has 2 unspecified atom stereocenters. The number of rotatable bonds is 4. The highest BCUT2D eigenvalue weighted by Crippen LogP contribution is 2.14. The highest BCUT2D eigenvalue weighted by atomic mass is 32.2. The maximum Gasteiger partial charge on any atom is 0.306 e. The van der Waals surface area contributed by atoms with E-state index in [4.69, 9.17) is 9.84 Å². The first kappa shape index (κ1) is 13.3. The summed E-state index contributed by atoms with van der Waals surface area (Å²) in [6.45, 7) is 3.22. The Morgan fingerprint density at radius 1 is 1.62 bits per heavy atom. The topological polar surface area (TPSA) is 66.8 Å². The molecule has 0 radical (unpaired) electrons. The summed E-state index contributed by atoms with van der Waals surface area (Å²) in [4.78, 5) is 24.1. The molecule has 1 fully saturated rings. The van der Waals surface area contributed by atoms with Crippen LogP contribution >= 0.6 is 11.8 Å². The van der Waals surface area contributed by atoms with Gasteiger partial charge in [0.1, 0.15) is 0 Å². The average Bonchev–Trinajstić information content (AvgIpc) is 2.26. The van der Waals surface area contributed by atoms with E-state index >= 15 is 0 Å². The molecule has 1 rings (SSSR count).